The van der Waals surface area contributed by atoms with Crippen LogP contribution in [-0.2, 0) is 13.7 Å². The van der Waals surface area contributed by atoms with E-state index in [1.54, 1.807) is 31.2 Å². The van der Waals surface area contributed by atoms with Crippen LogP contribution in [0.25, 0.3) is 0 Å². The van der Waals surface area contributed by atoms with E-state index in [0.717, 1.165) is 5.56 Å². The third-order valence-corrected chi connectivity index (χ3v) is 9.53. The quantitative estimate of drug-likeness (QED) is 0.347. The maximum absolute atomic E-state index is 13.4. The molecule has 3 aromatic carbocycles. The number of halogens is 5. The molecule has 0 aromatic heterocycles. The lowest BCUT2D eigenvalue weighted by Gasteiger charge is -2.39. The molecule has 0 aliphatic heterocycles. The van der Waals surface area contributed by atoms with Crippen LogP contribution >= 0.6 is 33.5 Å². The van der Waals surface area contributed by atoms with Crippen molar-refractivity contribution < 1.29 is 25.2 Å². The van der Waals surface area contributed by atoms with Gasteiger partial charge in [0.2, 0.25) is 0 Å². The summed E-state index contributed by atoms with van der Waals surface area (Å²) in [6.45, 7) is 1.80. The number of alkyl halides is 3. The molecule has 160 valence electrons. The van der Waals surface area contributed by atoms with Gasteiger partial charge in [0.05, 0.1) is 0 Å². The molecule has 0 heterocycles. The summed E-state index contributed by atoms with van der Waals surface area (Å²) in [5.74, 6) is 0. The van der Waals surface area contributed by atoms with Crippen LogP contribution in [0.1, 0.15) is 5.56 Å². The molecular weight excluding hydrogens is 480 g/mol. The van der Waals surface area contributed by atoms with E-state index in [1.807, 2.05) is 0 Å². The van der Waals surface area contributed by atoms with E-state index in [0.29, 0.717) is 10.0 Å². The maximum atomic E-state index is 13.4. The summed E-state index contributed by atoms with van der Waals surface area (Å²) in [5, 5.41) is 0.677. The first-order valence-electron chi connectivity index (χ1n) is 8.39. The van der Waals surface area contributed by atoms with Gasteiger partial charge in [-0.1, -0.05) is 40.9 Å². The van der Waals surface area contributed by atoms with Gasteiger partial charge in [0, 0.05) is 24.7 Å². The standard InChI is InChI=1S/C20H15Cl2F3O3S2/c1-14-2-8-17(9-3-14)29(18-10-4-15(21)5-11-18,19-12-6-16(22)7-13-19)28-30(26,27)20(23,24)25/h2-13H,1H3. The van der Waals surface area contributed by atoms with Crippen molar-refractivity contribution in [1.82, 2.24) is 0 Å². The van der Waals surface area contributed by atoms with Gasteiger partial charge in [-0.15, -0.1) is 0 Å². The van der Waals surface area contributed by atoms with Gasteiger partial charge >= 0.3 is 15.6 Å². The van der Waals surface area contributed by atoms with Crippen molar-refractivity contribution in [2.24, 2.45) is 0 Å². The van der Waals surface area contributed by atoms with Gasteiger partial charge < -0.3 is 0 Å². The largest absolute Gasteiger partial charge is 0.524 e. The van der Waals surface area contributed by atoms with Gasteiger partial charge in [-0.3, -0.25) is 0 Å². The molecule has 0 unspecified atom stereocenters. The lowest BCUT2D eigenvalue weighted by atomic mass is 10.2. The highest BCUT2D eigenvalue weighted by molar-refractivity contribution is 8.33. The Kier molecular flexibility index (Phi) is 6.46. The van der Waals surface area contributed by atoms with Crippen LogP contribution in [-0.4, -0.2) is 13.9 Å². The van der Waals surface area contributed by atoms with Crippen LogP contribution in [0.4, 0.5) is 13.2 Å². The van der Waals surface area contributed by atoms with E-state index in [-0.39, 0.29) is 14.7 Å². The average Bonchev–Trinajstić information content (AvgIpc) is 2.67. The Morgan fingerprint density at radius 2 is 1.03 bits per heavy atom. The van der Waals surface area contributed by atoms with Crippen LogP contribution < -0.4 is 0 Å². The van der Waals surface area contributed by atoms with Crippen molar-refractivity contribution in [3.63, 3.8) is 0 Å². The van der Waals surface area contributed by atoms with Crippen LogP contribution in [0, 0.1) is 6.92 Å². The third-order valence-electron chi connectivity index (χ3n) is 4.12. The fraction of sp³-hybridized carbons (Fsp3) is 0.100. The topological polar surface area (TPSA) is 43.4 Å². The van der Waals surface area contributed by atoms with Gasteiger partial charge in [-0.05, 0) is 77.9 Å². The van der Waals surface area contributed by atoms with Crippen molar-refractivity contribution in [2.75, 3.05) is 0 Å². The van der Waals surface area contributed by atoms with E-state index in [4.69, 9.17) is 26.8 Å². The predicted molar refractivity (Wildman–Crippen MR) is 113 cm³/mol. The molecule has 3 rings (SSSR count). The minimum Gasteiger partial charge on any atom is -0.200 e. The Morgan fingerprint density at radius 1 is 0.700 bits per heavy atom. The van der Waals surface area contributed by atoms with Crippen LogP contribution in [0.2, 0.25) is 10.0 Å². The van der Waals surface area contributed by atoms with Gasteiger partial charge in [0.15, 0.2) is 0 Å². The summed E-state index contributed by atoms with van der Waals surface area (Å²) >= 11 is 11.9. The predicted octanol–water partition coefficient (Wildman–Crippen LogP) is 7.36. The van der Waals surface area contributed by atoms with Crippen LogP contribution in [0.15, 0.2) is 87.5 Å². The third kappa shape index (κ3) is 4.48. The molecule has 0 bridgehead atoms. The average molecular weight is 495 g/mol. The molecule has 3 nitrogen and oxygen atoms in total. The van der Waals surface area contributed by atoms with Gasteiger partial charge in [-0.2, -0.15) is 25.2 Å². The van der Waals surface area contributed by atoms with Crippen molar-refractivity contribution >= 4 is 43.6 Å². The molecule has 0 saturated carbocycles. The highest BCUT2D eigenvalue weighted by atomic mass is 35.5. The molecule has 0 saturated heterocycles. The molecule has 0 radical (unpaired) electrons. The Labute approximate surface area is 184 Å². The van der Waals surface area contributed by atoms with E-state index < -0.39 is 25.9 Å². The van der Waals surface area contributed by atoms with Crippen molar-refractivity contribution in [3.05, 3.63) is 88.4 Å². The summed E-state index contributed by atoms with van der Waals surface area (Å²) in [7, 11) is -9.31. The second-order valence-electron chi connectivity index (χ2n) is 6.24. The van der Waals surface area contributed by atoms with E-state index >= 15 is 0 Å². The number of hydrogen-bond donors (Lipinski definition) is 0. The highest BCUT2D eigenvalue weighted by Gasteiger charge is 2.52. The molecule has 3 aromatic rings. The SMILES string of the molecule is Cc1ccc(S(OS(=O)(=O)C(F)(F)F)(c2ccc(Cl)cc2)c2ccc(Cl)cc2)cc1. The molecular formula is C20H15Cl2F3O3S2. The first-order chi connectivity index (χ1) is 14.0. The normalized spacial score (nSPS) is 13.3. The van der Waals surface area contributed by atoms with Gasteiger partial charge in [0.25, 0.3) is 0 Å². The maximum Gasteiger partial charge on any atom is 0.524 e. The van der Waals surface area contributed by atoms with E-state index in [9.17, 15) is 21.6 Å². The number of benzene rings is 3. The molecule has 0 amide bonds. The van der Waals surface area contributed by atoms with Crippen molar-refractivity contribution in [3.8, 4) is 0 Å². The smallest absolute Gasteiger partial charge is 0.200 e. The van der Waals surface area contributed by atoms with E-state index in [1.165, 1.54) is 48.5 Å². The number of rotatable bonds is 5. The minimum absolute atomic E-state index is 0.228. The van der Waals surface area contributed by atoms with E-state index in [2.05, 4.69) is 0 Å². The van der Waals surface area contributed by atoms with Gasteiger partial charge in [0.1, 0.15) is 0 Å². The minimum atomic E-state index is -5.96. The second-order valence-corrected chi connectivity index (χ2v) is 11.6. The Hall–Kier alpha value is -1.71. The Balaban J connectivity index is 2.40. The Bertz CT molecular complexity index is 1020. The van der Waals surface area contributed by atoms with Crippen LogP contribution in [0.5, 0.6) is 0 Å². The summed E-state index contributed by atoms with van der Waals surface area (Å²) in [4.78, 5) is 0.724. The molecule has 0 aliphatic carbocycles. The number of hydrogen-bond acceptors (Lipinski definition) is 3. The fourth-order valence-corrected chi connectivity index (χ4v) is 7.63. The summed E-state index contributed by atoms with van der Waals surface area (Å²) in [6.07, 6.45) is 0. The molecule has 10 heteroatoms. The zero-order valence-electron chi connectivity index (χ0n) is 15.4. The molecule has 0 fully saturated rings. The Morgan fingerprint density at radius 3 is 1.37 bits per heavy atom. The molecule has 0 N–H and O–H groups in total. The van der Waals surface area contributed by atoms with Gasteiger partial charge in [-0.25, -0.2) is 0 Å². The zero-order valence-corrected chi connectivity index (χ0v) is 18.5. The molecule has 30 heavy (non-hydrogen) atoms. The zero-order chi connectivity index (χ0) is 22.2. The summed E-state index contributed by atoms with van der Waals surface area (Å²) in [6, 6.07) is 18.1. The summed E-state index contributed by atoms with van der Waals surface area (Å²) in [5.41, 5.74) is -4.76. The molecule has 0 spiro atoms. The highest BCUT2D eigenvalue weighted by Crippen LogP contribution is 2.70. The first-order valence-corrected chi connectivity index (χ1v) is 12.1. The first kappa shape index (κ1) is 23.0. The molecule has 0 aliphatic rings. The summed E-state index contributed by atoms with van der Waals surface area (Å²) < 4.78 is 69.6. The lowest BCUT2D eigenvalue weighted by Crippen LogP contribution is -2.27. The van der Waals surface area contributed by atoms with Crippen molar-refractivity contribution in [1.29, 1.82) is 0 Å². The lowest BCUT2D eigenvalue weighted by molar-refractivity contribution is -0.0496. The molecule has 0 atom stereocenters. The van der Waals surface area contributed by atoms with Crippen molar-refractivity contribution in [2.45, 2.75) is 27.1 Å². The number of aryl methyl sites for hydroxylation is 1. The fourth-order valence-electron chi connectivity index (χ4n) is 2.68. The monoisotopic (exact) mass is 494 g/mol. The van der Waals surface area contributed by atoms with Crippen LogP contribution in [0.3, 0.4) is 0 Å². The second kappa shape index (κ2) is 8.43.